The molecule has 1 heterocycles. The number of hydrogen-bond acceptors (Lipinski definition) is 6. The van der Waals surface area contributed by atoms with Crippen LogP contribution in [0.5, 0.6) is 0 Å². The topological polar surface area (TPSA) is 93.1 Å². The number of Topliss-reactive ketones (excluding diaryl/α,β-unsaturated/α-hetero) is 1. The van der Waals surface area contributed by atoms with Crippen molar-refractivity contribution < 1.29 is 29.3 Å². The predicted molar refractivity (Wildman–Crippen MR) is 113 cm³/mol. The normalized spacial score (nSPS) is 50.4. The first-order chi connectivity index (χ1) is 14.7. The largest absolute Gasteiger partial charge is 0.393 e. The molecule has 5 aliphatic rings. The first-order valence-electron chi connectivity index (χ1n) is 11.8. The van der Waals surface area contributed by atoms with Gasteiger partial charge < -0.3 is 19.7 Å². The Kier molecular flexibility index (Phi) is 4.91. The van der Waals surface area contributed by atoms with E-state index in [-0.39, 0.29) is 34.7 Å². The van der Waals surface area contributed by atoms with Gasteiger partial charge in [-0.2, -0.15) is 0 Å². The molecule has 0 aromatic heterocycles. The van der Waals surface area contributed by atoms with E-state index in [1.165, 1.54) is 0 Å². The predicted octanol–water partition coefficient (Wildman–Crippen LogP) is 2.72. The summed E-state index contributed by atoms with van der Waals surface area (Å²) in [6.07, 6.45) is 8.31. The van der Waals surface area contributed by atoms with Crippen molar-refractivity contribution in [3.63, 3.8) is 0 Å². The molecule has 9 atom stereocenters. The lowest BCUT2D eigenvalue weighted by molar-refractivity contribution is -0.200. The summed E-state index contributed by atoms with van der Waals surface area (Å²) in [6.45, 7) is 5.67. The summed E-state index contributed by atoms with van der Waals surface area (Å²) in [5.74, 6) is 0.0274. The minimum Gasteiger partial charge on any atom is -0.393 e. The SMILES string of the molecule is CCCC1O[C@@H]2CC3[C@@H]4CCC5=CC(=O)C=C[C@]5(C)C4[C@@H](O)C[C@]3(C)[C@]2(C(=O)CO)O1. The van der Waals surface area contributed by atoms with Gasteiger partial charge in [0, 0.05) is 16.7 Å². The third-order valence-corrected chi connectivity index (χ3v) is 9.37. The fourth-order valence-electron chi connectivity index (χ4n) is 8.12. The van der Waals surface area contributed by atoms with E-state index in [1.807, 2.05) is 6.08 Å². The second-order valence-electron chi connectivity index (χ2n) is 10.7. The molecule has 2 N–H and O–H groups in total. The zero-order chi connectivity index (χ0) is 22.2. The van der Waals surface area contributed by atoms with Crippen LogP contribution < -0.4 is 0 Å². The van der Waals surface area contributed by atoms with Crippen LogP contribution in [-0.4, -0.2) is 52.5 Å². The van der Waals surface area contributed by atoms with Gasteiger partial charge in [0.25, 0.3) is 0 Å². The number of ether oxygens (including phenoxy) is 2. The zero-order valence-electron chi connectivity index (χ0n) is 18.7. The molecule has 170 valence electrons. The molecule has 6 heteroatoms. The molecule has 0 radical (unpaired) electrons. The van der Waals surface area contributed by atoms with Crippen LogP contribution in [0.4, 0.5) is 0 Å². The second-order valence-corrected chi connectivity index (χ2v) is 10.7. The maximum absolute atomic E-state index is 13.2. The van der Waals surface area contributed by atoms with Crippen molar-refractivity contribution in [1.82, 2.24) is 0 Å². The standard InChI is InChI=1S/C25H34O6/c1-4-5-21-30-20-11-17-16-7-6-14-10-15(27)8-9-23(14,2)22(16)18(28)12-24(17,3)25(20,31-21)19(29)13-26/h8-10,16-18,20-22,26,28H,4-7,11-13H2,1-3H3/t16-,17?,18-,20+,21?,22?,23-,24-,25+/m0/s1. The van der Waals surface area contributed by atoms with Crippen molar-refractivity contribution in [2.45, 2.75) is 83.4 Å². The van der Waals surface area contributed by atoms with Crippen LogP contribution in [0.2, 0.25) is 0 Å². The quantitative estimate of drug-likeness (QED) is 0.712. The Bertz CT molecular complexity index is 862. The lowest BCUT2D eigenvalue weighted by Gasteiger charge is -2.59. The molecule has 3 saturated carbocycles. The molecule has 3 unspecified atom stereocenters. The minimum atomic E-state index is -1.20. The van der Waals surface area contributed by atoms with Crippen LogP contribution in [0, 0.1) is 28.6 Å². The van der Waals surface area contributed by atoms with Crippen molar-refractivity contribution in [2.75, 3.05) is 6.61 Å². The Balaban J connectivity index is 1.55. The van der Waals surface area contributed by atoms with Gasteiger partial charge in [-0.3, -0.25) is 9.59 Å². The van der Waals surface area contributed by atoms with Crippen molar-refractivity contribution in [1.29, 1.82) is 0 Å². The average molecular weight is 431 g/mol. The monoisotopic (exact) mass is 430 g/mol. The van der Waals surface area contributed by atoms with Crippen LogP contribution in [0.25, 0.3) is 0 Å². The summed E-state index contributed by atoms with van der Waals surface area (Å²) in [6, 6.07) is 0. The number of fused-ring (bicyclic) bond motifs is 7. The van der Waals surface area contributed by atoms with E-state index in [4.69, 9.17) is 9.47 Å². The average Bonchev–Trinajstić information content (AvgIpc) is 3.20. The van der Waals surface area contributed by atoms with E-state index in [9.17, 15) is 19.8 Å². The summed E-state index contributed by atoms with van der Waals surface area (Å²) in [7, 11) is 0. The highest BCUT2D eigenvalue weighted by atomic mass is 16.7. The molecule has 0 amide bonds. The Morgan fingerprint density at radius 2 is 2.10 bits per heavy atom. The van der Waals surface area contributed by atoms with E-state index >= 15 is 0 Å². The third-order valence-electron chi connectivity index (χ3n) is 9.37. The molecule has 0 spiro atoms. The van der Waals surface area contributed by atoms with Crippen LogP contribution in [0.3, 0.4) is 0 Å². The Morgan fingerprint density at radius 3 is 2.81 bits per heavy atom. The Hall–Kier alpha value is -1.34. The third kappa shape index (κ3) is 2.65. The first kappa shape index (κ1) is 21.5. The summed E-state index contributed by atoms with van der Waals surface area (Å²) in [5, 5.41) is 21.4. The van der Waals surface area contributed by atoms with Gasteiger partial charge in [0.2, 0.25) is 0 Å². The molecule has 0 aromatic rings. The fraction of sp³-hybridized carbons (Fsp3) is 0.760. The number of carbonyl (C=O) groups is 2. The highest BCUT2D eigenvalue weighted by molar-refractivity contribution is 6.01. The lowest BCUT2D eigenvalue weighted by Crippen LogP contribution is -2.63. The summed E-state index contributed by atoms with van der Waals surface area (Å²) in [5.41, 5.74) is -1.05. The van der Waals surface area contributed by atoms with Gasteiger partial charge in [-0.25, -0.2) is 0 Å². The molecular weight excluding hydrogens is 396 g/mol. The van der Waals surface area contributed by atoms with E-state index < -0.39 is 36.1 Å². The van der Waals surface area contributed by atoms with Gasteiger partial charge in [0.1, 0.15) is 6.61 Å². The number of ketones is 2. The van der Waals surface area contributed by atoms with Crippen LogP contribution in [-0.2, 0) is 19.1 Å². The van der Waals surface area contributed by atoms with Gasteiger partial charge >= 0.3 is 0 Å². The molecule has 6 nitrogen and oxygen atoms in total. The maximum atomic E-state index is 13.2. The molecule has 5 rings (SSSR count). The van der Waals surface area contributed by atoms with E-state index in [0.29, 0.717) is 19.3 Å². The fourth-order valence-corrected chi connectivity index (χ4v) is 8.12. The number of allylic oxidation sites excluding steroid dienone is 4. The summed E-state index contributed by atoms with van der Waals surface area (Å²) >= 11 is 0. The van der Waals surface area contributed by atoms with Crippen LogP contribution in [0.1, 0.15) is 59.3 Å². The number of rotatable bonds is 4. The number of aliphatic hydroxyl groups is 2. The van der Waals surface area contributed by atoms with Gasteiger partial charge in [-0.15, -0.1) is 0 Å². The van der Waals surface area contributed by atoms with Gasteiger partial charge in [0.15, 0.2) is 23.5 Å². The van der Waals surface area contributed by atoms with Gasteiger partial charge in [-0.05, 0) is 56.1 Å². The van der Waals surface area contributed by atoms with Crippen LogP contribution >= 0.6 is 0 Å². The van der Waals surface area contributed by atoms with Crippen molar-refractivity contribution >= 4 is 11.6 Å². The van der Waals surface area contributed by atoms with Gasteiger partial charge in [0.05, 0.1) is 12.2 Å². The molecule has 1 saturated heterocycles. The molecular formula is C25H34O6. The second kappa shape index (κ2) is 7.08. The molecule has 4 aliphatic carbocycles. The van der Waals surface area contributed by atoms with Crippen molar-refractivity contribution in [2.24, 2.45) is 28.6 Å². The number of hydrogen-bond donors (Lipinski definition) is 2. The van der Waals surface area contributed by atoms with E-state index in [2.05, 4.69) is 20.8 Å². The molecule has 0 bridgehead atoms. The molecule has 4 fully saturated rings. The Morgan fingerprint density at radius 1 is 1.32 bits per heavy atom. The summed E-state index contributed by atoms with van der Waals surface area (Å²) < 4.78 is 12.7. The molecule has 0 aromatic carbocycles. The van der Waals surface area contributed by atoms with Crippen molar-refractivity contribution in [3.8, 4) is 0 Å². The number of carbonyl (C=O) groups excluding carboxylic acids is 2. The molecule has 1 aliphatic heterocycles. The Labute approximate surface area is 183 Å². The maximum Gasteiger partial charge on any atom is 0.193 e. The highest BCUT2D eigenvalue weighted by Gasteiger charge is 2.75. The van der Waals surface area contributed by atoms with Crippen molar-refractivity contribution in [3.05, 3.63) is 23.8 Å². The smallest absolute Gasteiger partial charge is 0.193 e. The van der Waals surface area contributed by atoms with Crippen LogP contribution in [0.15, 0.2) is 23.8 Å². The zero-order valence-corrected chi connectivity index (χ0v) is 18.7. The minimum absolute atomic E-state index is 0.0125. The highest BCUT2D eigenvalue weighted by Crippen LogP contribution is 2.69. The number of aliphatic hydroxyl groups excluding tert-OH is 2. The van der Waals surface area contributed by atoms with E-state index in [1.54, 1.807) is 12.2 Å². The van der Waals surface area contributed by atoms with E-state index in [0.717, 1.165) is 24.8 Å². The summed E-state index contributed by atoms with van der Waals surface area (Å²) in [4.78, 5) is 25.2. The van der Waals surface area contributed by atoms with Gasteiger partial charge in [-0.1, -0.05) is 38.8 Å². The first-order valence-corrected chi connectivity index (χ1v) is 11.8. The molecule has 31 heavy (non-hydrogen) atoms. The lowest BCUT2D eigenvalue weighted by atomic mass is 9.46.